The minimum atomic E-state index is 0. The van der Waals surface area contributed by atoms with E-state index in [2.05, 4.69) is 75.9 Å². The van der Waals surface area contributed by atoms with Gasteiger partial charge in [-0.25, -0.2) is 0 Å². The second-order valence-electron chi connectivity index (χ2n) is 5.67. The largest absolute Gasteiger partial charge is 0.344 e. The Labute approximate surface area is 129 Å². The Kier molecular flexibility index (Phi) is 6.39. The van der Waals surface area contributed by atoms with Gasteiger partial charge < -0.3 is 6.15 Å². The molecule has 0 aliphatic carbocycles. The van der Waals surface area contributed by atoms with Crippen LogP contribution in [0.1, 0.15) is 55.4 Å². The fourth-order valence-electron chi connectivity index (χ4n) is 2.63. The molecule has 0 aliphatic heterocycles. The van der Waals surface area contributed by atoms with E-state index in [4.69, 9.17) is 0 Å². The lowest BCUT2D eigenvalue weighted by Gasteiger charge is -2.15. The monoisotopic (exact) mass is 281 g/mol. The molecule has 2 aromatic carbocycles. The maximum absolute atomic E-state index is 4.34. The third kappa shape index (κ3) is 4.05. The Morgan fingerprint density at radius 1 is 1.05 bits per heavy atom. The van der Waals surface area contributed by atoms with Crippen LogP contribution in [0.5, 0.6) is 0 Å². The van der Waals surface area contributed by atoms with Crippen molar-refractivity contribution in [3.8, 4) is 0 Å². The zero-order valence-electron chi connectivity index (χ0n) is 13.5. The number of hydrogen-bond acceptors (Lipinski definition) is 1. The van der Waals surface area contributed by atoms with Gasteiger partial charge in [-0.2, -0.15) is 0 Å². The van der Waals surface area contributed by atoms with Crippen molar-refractivity contribution in [1.82, 2.24) is 6.15 Å². The molecule has 0 fully saturated rings. The van der Waals surface area contributed by atoms with Crippen LogP contribution in [0.2, 0.25) is 0 Å². The summed E-state index contributed by atoms with van der Waals surface area (Å²) < 4.78 is 0. The van der Waals surface area contributed by atoms with E-state index in [-0.39, 0.29) is 6.15 Å². The number of hydrogen-bond donors (Lipinski definition) is 1. The van der Waals surface area contributed by atoms with E-state index in [1.165, 1.54) is 28.7 Å². The van der Waals surface area contributed by atoms with Crippen molar-refractivity contribution < 1.29 is 0 Å². The molecule has 0 atom stereocenters. The van der Waals surface area contributed by atoms with Crippen LogP contribution in [0.25, 0.3) is 5.57 Å². The van der Waals surface area contributed by atoms with Crippen LogP contribution >= 0.6 is 0 Å². The van der Waals surface area contributed by atoms with Crippen molar-refractivity contribution in [2.45, 2.75) is 39.5 Å². The molecule has 0 heterocycles. The lowest BCUT2D eigenvalue weighted by molar-refractivity contribution is 0.863. The second-order valence-corrected chi connectivity index (χ2v) is 5.67. The van der Waals surface area contributed by atoms with Gasteiger partial charge in [-0.05, 0) is 40.2 Å². The van der Waals surface area contributed by atoms with Gasteiger partial charge in [0.15, 0.2) is 0 Å². The summed E-state index contributed by atoms with van der Waals surface area (Å²) in [4.78, 5) is 0. The lowest BCUT2D eigenvalue weighted by Crippen LogP contribution is -1.97. The minimum Gasteiger partial charge on any atom is -0.344 e. The van der Waals surface area contributed by atoms with Crippen molar-refractivity contribution in [1.29, 1.82) is 0 Å². The van der Waals surface area contributed by atoms with Crippen molar-refractivity contribution in [3.63, 3.8) is 0 Å². The molecule has 0 unspecified atom stereocenters. The van der Waals surface area contributed by atoms with E-state index in [0.29, 0.717) is 5.92 Å². The number of benzene rings is 2. The lowest BCUT2D eigenvalue weighted by atomic mass is 9.89. The smallest absolute Gasteiger partial charge is 0.0149 e. The van der Waals surface area contributed by atoms with Gasteiger partial charge in [-0.1, -0.05) is 82.3 Å². The predicted octanol–water partition coefficient (Wildman–Crippen LogP) is 5.99. The minimum absolute atomic E-state index is 0. The highest BCUT2D eigenvalue weighted by Crippen LogP contribution is 2.29. The second kappa shape index (κ2) is 7.80. The maximum atomic E-state index is 4.34. The highest BCUT2D eigenvalue weighted by atomic mass is 14.1. The molecule has 1 nitrogen and oxygen atoms in total. The van der Waals surface area contributed by atoms with Crippen LogP contribution in [0.4, 0.5) is 0 Å². The summed E-state index contributed by atoms with van der Waals surface area (Å²) in [6.45, 7) is 11.0. The highest BCUT2D eigenvalue weighted by Gasteiger charge is 2.10. The quantitative estimate of drug-likeness (QED) is 0.718. The van der Waals surface area contributed by atoms with E-state index in [0.717, 1.165) is 12.0 Å². The van der Waals surface area contributed by atoms with E-state index in [1.807, 2.05) is 0 Å². The predicted molar refractivity (Wildman–Crippen MR) is 94.1 cm³/mol. The average Bonchev–Trinajstić information content (AvgIpc) is 2.47. The molecule has 0 saturated carbocycles. The molecule has 0 radical (unpaired) electrons. The topological polar surface area (TPSA) is 35.0 Å². The zero-order valence-corrected chi connectivity index (χ0v) is 13.5. The first-order valence-electron chi connectivity index (χ1n) is 7.51. The first-order valence-corrected chi connectivity index (χ1v) is 7.51. The molecule has 0 saturated heterocycles. The summed E-state index contributed by atoms with van der Waals surface area (Å²) in [7, 11) is 0. The summed E-state index contributed by atoms with van der Waals surface area (Å²) in [5.74, 6) is 0.516. The van der Waals surface area contributed by atoms with Crippen LogP contribution in [-0.2, 0) is 6.42 Å². The molecule has 0 aliphatic rings. The molecule has 2 rings (SSSR count). The highest BCUT2D eigenvalue weighted by molar-refractivity contribution is 5.80. The van der Waals surface area contributed by atoms with Crippen molar-refractivity contribution in [2.75, 3.05) is 0 Å². The first-order chi connectivity index (χ1) is 9.63. The zero-order chi connectivity index (χ0) is 14.5. The number of aryl methyl sites for hydroxylation is 1. The summed E-state index contributed by atoms with van der Waals surface area (Å²) in [5, 5.41) is 0. The van der Waals surface area contributed by atoms with Gasteiger partial charge in [0.05, 0.1) is 0 Å². The Bertz CT molecular complexity index is 596. The first kappa shape index (κ1) is 17.2. The summed E-state index contributed by atoms with van der Waals surface area (Å²) in [6, 6.07) is 17.4. The molecule has 2 aromatic rings. The third-order valence-corrected chi connectivity index (χ3v) is 3.72. The standard InChI is InChI=1S/C20H24.H3N/c1-5-9-17-10-8-11-18(14-17)16(4)20-13-7-6-12-19(20)15(2)3;/h6-8,10-15H,4-5,9H2,1-3H3;1H3. The van der Waals surface area contributed by atoms with E-state index in [1.54, 1.807) is 0 Å². The van der Waals surface area contributed by atoms with Crippen molar-refractivity contribution >= 4 is 5.57 Å². The van der Waals surface area contributed by atoms with Crippen LogP contribution in [-0.4, -0.2) is 0 Å². The Hall–Kier alpha value is -1.86. The molecule has 0 bridgehead atoms. The molecule has 1 heteroatoms. The fraction of sp³-hybridized carbons (Fsp3) is 0.300. The van der Waals surface area contributed by atoms with Crippen LogP contribution in [0.15, 0.2) is 55.1 Å². The van der Waals surface area contributed by atoms with Crippen molar-refractivity contribution in [3.05, 3.63) is 77.4 Å². The van der Waals surface area contributed by atoms with Gasteiger partial charge >= 0.3 is 0 Å². The molecular weight excluding hydrogens is 254 g/mol. The van der Waals surface area contributed by atoms with Gasteiger partial charge in [0.1, 0.15) is 0 Å². The van der Waals surface area contributed by atoms with Crippen LogP contribution in [0.3, 0.4) is 0 Å². The van der Waals surface area contributed by atoms with Gasteiger partial charge in [-0.3, -0.25) is 0 Å². The van der Waals surface area contributed by atoms with E-state index in [9.17, 15) is 0 Å². The van der Waals surface area contributed by atoms with Gasteiger partial charge in [0.25, 0.3) is 0 Å². The molecule has 21 heavy (non-hydrogen) atoms. The Morgan fingerprint density at radius 3 is 2.43 bits per heavy atom. The summed E-state index contributed by atoms with van der Waals surface area (Å²) in [5.41, 5.74) is 6.42. The third-order valence-electron chi connectivity index (χ3n) is 3.72. The van der Waals surface area contributed by atoms with Gasteiger partial charge in [0.2, 0.25) is 0 Å². The Balaban J connectivity index is 0.00000220. The summed E-state index contributed by atoms with van der Waals surface area (Å²) >= 11 is 0. The van der Waals surface area contributed by atoms with Gasteiger partial charge in [-0.15, -0.1) is 0 Å². The SMILES string of the molecule is C=C(c1cccc(CCC)c1)c1ccccc1C(C)C.N. The van der Waals surface area contributed by atoms with Crippen LogP contribution in [0, 0.1) is 0 Å². The normalized spacial score (nSPS) is 10.3. The fourth-order valence-corrected chi connectivity index (χ4v) is 2.63. The molecule has 0 aromatic heterocycles. The number of rotatable bonds is 5. The Morgan fingerprint density at radius 2 is 1.76 bits per heavy atom. The van der Waals surface area contributed by atoms with Crippen molar-refractivity contribution in [2.24, 2.45) is 0 Å². The van der Waals surface area contributed by atoms with E-state index >= 15 is 0 Å². The molecule has 3 N–H and O–H groups in total. The molecule has 0 spiro atoms. The molecular formula is C20H27N. The van der Waals surface area contributed by atoms with Crippen LogP contribution < -0.4 is 6.15 Å². The average molecular weight is 281 g/mol. The maximum Gasteiger partial charge on any atom is -0.0149 e. The molecule has 112 valence electrons. The van der Waals surface area contributed by atoms with Gasteiger partial charge in [0, 0.05) is 0 Å². The summed E-state index contributed by atoms with van der Waals surface area (Å²) in [6.07, 6.45) is 2.31. The molecule has 0 amide bonds. The van der Waals surface area contributed by atoms with E-state index < -0.39 is 0 Å².